The fourth-order valence-electron chi connectivity index (χ4n) is 2.71. The highest BCUT2D eigenvalue weighted by molar-refractivity contribution is 7.92. The second kappa shape index (κ2) is 6.98. The van der Waals surface area contributed by atoms with E-state index in [1.807, 2.05) is 30.5 Å². The fraction of sp³-hybridized carbons (Fsp3) is 0.167. The second-order valence-corrected chi connectivity index (χ2v) is 7.53. The summed E-state index contributed by atoms with van der Waals surface area (Å²) in [6.45, 7) is 0.452. The summed E-state index contributed by atoms with van der Waals surface area (Å²) in [5, 5.41) is 3.98. The Bertz CT molecular complexity index is 1010. The molecule has 3 N–H and O–H groups in total. The molecule has 25 heavy (non-hydrogen) atoms. The van der Waals surface area contributed by atoms with E-state index in [2.05, 4.69) is 15.0 Å². The molecule has 1 aromatic heterocycles. The summed E-state index contributed by atoms with van der Waals surface area (Å²) in [5.41, 5.74) is 2.76. The lowest BCUT2D eigenvalue weighted by atomic mass is 10.1. The predicted molar refractivity (Wildman–Crippen MR) is 99.2 cm³/mol. The Hall–Kier alpha value is -2.80. The van der Waals surface area contributed by atoms with E-state index in [0.717, 1.165) is 22.7 Å². The van der Waals surface area contributed by atoms with Gasteiger partial charge in [0.1, 0.15) is 0 Å². The molecule has 3 rings (SSSR count). The van der Waals surface area contributed by atoms with Crippen LogP contribution in [0.3, 0.4) is 0 Å². The number of nitrogens with one attached hydrogen (secondary N) is 3. The van der Waals surface area contributed by atoms with E-state index < -0.39 is 10.0 Å². The van der Waals surface area contributed by atoms with Crippen LogP contribution in [-0.4, -0.2) is 32.1 Å². The number of para-hydroxylation sites is 2. The molecule has 0 aliphatic heterocycles. The fourth-order valence-corrected chi connectivity index (χ4v) is 3.29. The van der Waals surface area contributed by atoms with Gasteiger partial charge in [0.2, 0.25) is 10.0 Å². The lowest BCUT2D eigenvalue weighted by molar-refractivity contribution is 0.0955. The van der Waals surface area contributed by atoms with Gasteiger partial charge in [-0.1, -0.05) is 30.3 Å². The van der Waals surface area contributed by atoms with Crippen LogP contribution in [-0.2, 0) is 16.4 Å². The highest BCUT2D eigenvalue weighted by Gasteiger charge is 2.13. The molecule has 0 bridgehead atoms. The van der Waals surface area contributed by atoms with Crippen LogP contribution in [0.25, 0.3) is 10.9 Å². The third-order valence-electron chi connectivity index (χ3n) is 3.82. The first kappa shape index (κ1) is 17.0. The van der Waals surface area contributed by atoms with E-state index in [0.29, 0.717) is 18.5 Å². The van der Waals surface area contributed by atoms with Gasteiger partial charge < -0.3 is 10.3 Å². The van der Waals surface area contributed by atoms with Crippen LogP contribution in [0, 0.1) is 0 Å². The second-order valence-electron chi connectivity index (χ2n) is 5.79. The lowest BCUT2D eigenvalue weighted by Crippen LogP contribution is -2.27. The van der Waals surface area contributed by atoms with Crippen molar-refractivity contribution < 1.29 is 13.2 Å². The number of fused-ring (bicyclic) bond motifs is 1. The Balaban J connectivity index is 1.67. The largest absolute Gasteiger partial charge is 0.361 e. The van der Waals surface area contributed by atoms with Crippen LogP contribution in [0.5, 0.6) is 0 Å². The molecule has 0 atom stereocenters. The number of rotatable bonds is 6. The normalized spacial score (nSPS) is 11.4. The van der Waals surface area contributed by atoms with E-state index in [9.17, 15) is 13.2 Å². The first-order chi connectivity index (χ1) is 11.9. The van der Waals surface area contributed by atoms with Crippen molar-refractivity contribution in [3.05, 3.63) is 65.9 Å². The molecule has 6 nitrogen and oxygen atoms in total. The molecule has 2 aromatic carbocycles. The molecule has 0 radical (unpaired) electrons. The molecule has 1 heterocycles. The predicted octanol–water partition coefficient (Wildman–Crippen LogP) is 2.51. The molecule has 0 aliphatic rings. The van der Waals surface area contributed by atoms with Crippen LogP contribution in [0.1, 0.15) is 15.9 Å². The first-order valence-corrected chi connectivity index (χ1v) is 9.73. The van der Waals surface area contributed by atoms with Gasteiger partial charge in [0, 0.05) is 23.6 Å². The van der Waals surface area contributed by atoms with Crippen LogP contribution < -0.4 is 10.0 Å². The quantitative estimate of drug-likeness (QED) is 0.633. The third kappa shape index (κ3) is 4.19. The monoisotopic (exact) mass is 357 g/mol. The van der Waals surface area contributed by atoms with E-state index in [1.54, 1.807) is 24.3 Å². The summed E-state index contributed by atoms with van der Waals surface area (Å²) in [5.74, 6) is -0.313. The Morgan fingerprint density at radius 2 is 1.80 bits per heavy atom. The number of H-pyrrole nitrogens is 1. The average molecular weight is 357 g/mol. The van der Waals surface area contributed by atoms with Crippen LogP contribution in [0.2, 0.25) is 0 Å². The minimum atomic E-state index is -3.45. The van der Waals surface area contributed by atoms with Crippen LogP contribution in [0.4, 0.5) is 5.69 Å². The molecule has 0 saturated heterocycles. The van der Waals surface area contributed by atoms with Gasteiger partial charge in [0.25, 0.3) is 5.91 Å². The van der Waals surface area contributed by atoms with Crippen molar-refractivity contribution in [1.29, 1.82) is 0 Å². The van der Waals surface area contributed by atoms with Crippen molar-refractivity contribution in [2.24, 2.45) is 0 Å². The maximum Gasteiger partial charge on any atom is 0.253 e. The molecule has 0 saturated carbocycles. The smallest absolute Gasteiger partial charge is 0.253 e. The molecular weight excluding hydrogens is 338 g/mol. The van der Waals surface area contributed by atoms with Crippen molar-refractivity contribution >= 4 is 32.5 Å². The molecule has 7 heteroatoms. The van der Waals surface area contributed by atoms with Crippen molar-refractivity contribution in [2.75, 3.05) is 17.5 Å². The maximum absolute atomic E-state index is 12.4. The van der Waals surface area contributed by atoms with Gasteiger partial charge in [-0.3, -0.25) is 9.52 Å². The van der Waals surface area contributed by atoms with Crippen LogP contribution in [0.15, 0.2) is 54.7 Å². The molecular formula is C18H19N3O3S. The van der Waals surface area contributed by atoms with Gasteiger partial charge in [-0.2, -0.15) is 0 Å². The number of sulfonamides is 1. The van der Waals surface area contributed by atoms with Crippen molar-refractivity contribution in [1.82, 2.24) is 10.3 Å². The molecule has 0 fully saturated rings. The zero-order valence-corrected chi connectivity index (χ0v) is 14.6. The highest BCUT2D eigenvalue weighted by atomic mass is 32.2. The van der Waals surface area contributed by atoms with E-state index >= 15 is 0 Å². The summed E-state index contributed by atoms with van der Waals surface area (Å²) in [4.78, 5) is 15.6. The summed E-state index contributed by atoms with van der Waals surface area (Å²) < 4.78 is 25.2. The Morgan fingerprint density at radius 1 is 1.08 bits per heavy atom. The van der Waals surface area contributed by atoms with E-state index in [-0.39, 0.29) is 11.6 Å². The Morgan fingerprint density at radius 3 is 2.60 bits per heavy atom. The minimum Gasteiger partial charge on any atom is -0.361 e. The standard InChI is InChI=1S/C18H19N3O3S/c1-25(23,24)21-17-9-5-3-7-15(17)18(22)19-11-10-13-12-20-16-8-4-2-6-14(13)16/h2-9,12,20-21H,10-11H2,1H3,(H,19,22). The molecule has 0 aliphatic carbocycles. The maximum atomic E-state index is 12.4. The van der Waals surface area contributed by atoms with Gasteiger partial charge in [0.15, 0.2) is 0 Å². The zero-order chi connectivity index (χ0) is 17.9. The molecule has 0 spiro atoms. The van der Waals surface area contributed by atoms with Crippen molar-refractivity contribution in [3.63, 3.8) is 0 Å². The number of aromatic nitrogens is 1. The third-order valence-corrected chi connectivity index (χ3v) is 4.41. The van der Waals surface area contributed by atoms with Crippen molar-refractivity contribution in [2.45, 2.75) is 6.42 Å². The topological polar surface area (TPSA) is 91.1 Å². The molecule has 3 aromatic rings. The molecule has 1 amide bonds. The molecule has 130 valence electrons. The number of amides is 1. The number of hydrogen-bond donors (Lipinski definition) is 3. The average Bonchev–Trinajstić information content (AvgIpc) is 2.97. The number of hydrogen-bond acceptors (Lipinski definition) is 3. The summed E-state index contributed by atoms with van der Waals surface area (Å²) >= 11 is 0. The van der Waals surface area contributed by atoms with Crippen molar-refractivity contribution in [3.8, 4) is 0 Å². The summed E-state index contributed by atoms with van der Waals surface area (Å²) in [7, 11) is -3.45. The zero-order valence-electron chi connectivity index (χ0n) is 13.7. The van der Waals surface area contributed by atoms with E-state index in [1.165, 1.54) is 0 Å². The number of benzene rings is 2. The number of carbonyl (C=O) groups excluding carboxylic acids is 1. The minimum absolute atomic E-state index is 0.273. The van der Waals surface area contributed by atoms with E-state index in [4.69, 9.17) is 0 Å². The van der Waals surface area contributed by atoms with Gasteiger partial charge in [-0.15, -0.1) is 0 Å². The summed E-state index contributed by atoms with van der Waals surface area (Å²) in [6, 6.07) is 14.5. The number of aromatic amines is 1. The van der Waals surface area contributed by atoms with Crippen LogP contribution >= 0.6 is 0 Å². The molecule has 0 unspecified atom stereocenters. The number of anilines is 1. The highest BCUT2D eigenvalue weighted by Crippen LogP contribution is 2.18. The lowest BCUT2D eigenvalue weighted by Gasteiger charge is -2.11. The van der Waals surface area contributed by atoms with Gasteiger partial charge in [-0.05, 0) is 30.2 Å². The van der Waals surface area contributed by atoms with Gasteiger partial charge in [-0.25, -0.2) is 8.42 Å². The Kier molecular flexibility index (Phi) is 4.76. The first-order valence-electron chi connectivity index (χ1n) is 7.84. The summed E-state index contributed by atoms with van der Waals surface area (Å²) in [6.07, 6.45) is 3.67. The SMILES string of the molecule is CS(=O)(=O)Nc1ccccc1C(=O)NCCc1c[nH]c2ccccc12. The Labute approximate surface area is 146 Å². The van der Waals surface area contributed by atoms with Gasteiger partial charge in [0.05, 0.1) is 17.5 Å². The van der Waals surface area contributed by atoms with Gasteiger partial charge >= 0.3 is 0 Å². The number of carbonyl (C=O) groups is 1.